The summed E-state index contributed by atoms with van der Waals surface area (Å²) in [6, 6.07) is 89.6. The molecule has 145 heavy (non-hydrogen) atoms. The Kier molecular flexibility index (Phi) is 32.7. The Morgan fingerprint density at radius 2 is 0.993 bits per heavy atom. The highest BCUT2D eigenvalue weighted by atomic mass is 32.2. The highest BCUT2D eigenvalue weighted by Gasteiger charge is 2.38. The molecule has 1 aliphatic heterocycles. The monoisotopic (exact) mass is 2040 g/mol. The SMILES string of the molecule is CCOc1cccc(C(=O)Nc2ccc3nn(-c4cccc5ccccc45)nc3c2)c1.Cc1cc(C(=O)CN2c3cccc4cccc(c34)S2(=O)=O)c(C)n1-c1ccc(OC(F)F)cc1.Cc1cc(C)cc(NS(=O)(=O)c2ccc(CC(=O)NCCC(=O)Nc3ccc(S(=O)(=O)Nc4cc(C)cc(C)c4)cc3)cc2)c1.O=C(COc1ccc(S(=O)(=O)NC2CCC(F)CC2)cc1)Nc1ccc(Oc2ccccc2)cc1. The number of nitrogens with zero attached hydrogens (tertiary/aromatic N) is 5. The molecule has 0 saturated heterocycles. The summed E-state index contributed by atoms with van der Waals surface area (Å²) in [6.45, 7) is 10.2. The number of aryl methyl sites for hydroxylation is 5. The fraction of sp³-hybridized carbons (Fsp3) is 0.183. The van der Waals surface area contributed by atoms with E-state index in [1.165, 1.54) is 72.8 Å². The van der Waals surface area contributed by atoms with Crippen molar-refractivity contribution in [2.24, 2.45) is 0 Å². The Hall–Kier alpha value is -16.0. The molecule has 0 atom stereocenters. The van der Waals surface area contributed by atoms with Gasteiger partial charge in [0.15, 0.2) is 12.4 Å². The number of ketones is 1. The van der Waals surface area contributed by atoms with Crippen molar-refractivity contribution in [3.8, 4) is 40.1 Å². The van der Waals surface area contributed by atoms with Gasteiger partial charge in [-0.25, -0.2) is 42.8 Å². The quantitative estimate of drug-likeness (QED) is 0.0193. The highest BCUT2D eigenvalue weighted by molar-refractivity contribution is 7.93. The van der Waals surface area contributed by atoms with Crippen molar-refractivity contribution in [1.82, 2.24) is 29.6 Å². The molecule has 746 valence electrons. The molecule has 1 aliphatic carbocycles. The molecule has 36 heteroatoms. The summed E-state index contributed by atoms with van der Waals surface area (Å²) in [6.07, 6.45) is 0.873. The molecular weight excluding hydrogens is 1930 g/mol. The summed E-state index contributed by atoms with van der Waals surface area (Å²) in [7, 11) is -15.2. The smallest absolute Gasteiger partial charge is 0.387 e. The number of halogens is 3. The van der Waals surface area contributed by atoms with Gasteiger partial charge >= 0.3 is 6.61 Å². The van der Waals surface area contributed by atoms with Crippen LogP contribution in [0.25, 0.3) is 44.0 Å². The maximum absolute atomic E-state index is 13.3. The number of aromatic nitrogens is 4. The summed E-state index contributed by atoms with van der Waals surface area (Å²) in [5.74, 6) is 0.845. The molecule has 14 aromatic carbocycles. The number of alkyl halides is 3. The van der Waals surface area contributed by atoms with Crippen molar-refractivity contribution in [1.29, 1.82) is 0 Å². The number of para-hydroxylation sites is 1. The van der Waals surface area contributed by atoms with Gasteiger partial charge < -0.3 is 44.8 Å². The number of sulfonamides is 4. The number of hydrogen-bond acceptors (Lipinski definition) is 19. The number of Topliss-reactive ketones (excluding diaryl/α,β-unsaturated/α-hetero) is 1. The van der Waals surface area contributed by atoms with Gasteiger partial charge in [-0.3, -0.25) is 37.7 Å². The van der Waals surface area contributed by atoms with Gasteiger partial charge in [-0.1, -0.05) is 109 Å². The molecule has 7 N–H and O–H groups in total. The number of amides is 4. The van der Waals surface area contributed by atoms with Gasteiger partial charge in [-0.15, -0.1) is 15.0 Å². The molecule has 2 aliphatic rings. The van der Waals surface area contributed by atoms with E-state index < -0.39 is 52.9 Å². The third-order valence-electron chi connectivity index (χ3n) is 23.3. The van der Waals surface area contributed by atoms with Gasteiger partial charge in [0.2, 0.25) is 21.8 Å². The number of carbonyl (C=O) groups is 5. The van der Waals surface area contributed by atoms with Crippen LogP contribution in [0.5, 0.6) is 28.7 Å². The van der Waals surface area contributed by atoms with E-state index in [4.69, 9.17) is 14.2 Å². The van der Waals surface area contributed by atoms with Crippen molar-refractivity contribution in [2.75, 3.05) is 56.0 Å². The number of carbonyl (C=O) groups excluding carboxylic acids is 5. The van der Waals surface area contributed by atoms with Crippen LogP contribution in [-0.4, -0.2) is 128 Å². The van der Waals surface area contributed by atoms with Gasteiger partial charge in [-0.2, -0.15) is 8.78 Å². The maximum atomic E-state index is 13.3. The zero-order valence-corrected chi connectivity index (χ0v) is 83.0. The lowest BCUT2D eigenvalue weighted by molar-refractivity contribution is -0.121. The largest absolute Gasteiger partial charge is 0.494 e. The van der Waals surface area contributed by atoms with Crippen LogP contribution in [-0.2, 0) is 60.9 Å². The van der Waals surface area contributed by atoms with E-state index in [-0.39, 0.29) is 93.3 Å². The van der Waals surface area contributed by atoms with Crippen molar-refractivity contribution < 1.29 is 89.8 Å². The number of nitrogens with one attached hydrogen (secondary N) is 7. The summed E-state index contributed by atoms with van der Waals surface area (Å²) in [5, 5.41) is 23.9. The Labute approximate surface area is 837 Å². The first-order chi connectivity index (χ1) is 69.4. The maximum Gasteiger partial charge on any atom is 0.387 e. The Morgan fingerprint density at radius 1 is 0.469 bits per heavy atom. The number of anilines is 6. The fourth-order valence-electron chi connectivity index (χ4n) is 16.7. The minimum atomic E-state index is -3.85. The van der Waals surface area contributed by atoms with Crippen LogP contribution in [0.4, 0.5) is 47.3 Å². The van der Waals surface area contributed by atoms with E-state index in [1.807, 2.05) is 149 Å². The topological polar surface area (TPSA) is 382 Å². The van der Waals surface area contributed by atoms with Gasteiger partial charge in [0, 0.05) is 86.4 Å². The van der Waals surface area contributed by atoms with E-state index in [0.717, 1.165) is 65.4 Å². The average Bonchev–Trinajstić information content (AvgIpc) is 1.57. The van der Waals surface area contributed by atoms with Crippen molar-refractivity contribution in [3.05, 3.63) is 366 Å². The highest BCUT2D eigenvalue weighted by Crippen LogP contribution is 2.43. The Balaban J connectivity index is 0.000000147. The number of benzene rings is 14. The van der Waals surface area contributed by atoms with Gasteiger partial charge in [0.25, 0.3) is 41.9 Å². The number of hydrogen-bond donors (Lipinski definition) is 7. The number of ether oxygens (including phenoxy) is 4. The van der Waals surface area contributed by atoms with Gasteiger partial charge in [0.05, 0.1) is 50.5 Å². The summed E-state index contributed by atoms with van der Waals surface area (Å²) in [4.78, 5) is 65.1. The fourth-order valence-corrected chi connectivity index (χ4v) is 21.7. The molecule has 4 amide bonds. The zero-order chi connectivity index (χ0) is 103. The van der Waals surface area contributed by atoms with Gasteiger partial charge in [0.1, 0.15) is 46.0 Å². The second kappa shape index (κ2) is 45.9. The molecular formula is C109H103F3N12O17S4. The van der Waals surface area contributed by atoms with E-state index in [0.29, 0.717) is 123 Å². The average molecular weight is 2040 g/mol. The molecule has 0 spiro atoms. The lowest BCUT2D eigenvalue weighted by Crippen LogP contribution is -2.37. The van der Waals surface area contributed by atoms with Crippen molar-refractivity contribution in [2.45, 2.75) is 125 Å². The van der Waals surface area contributed by atoms with Crippen LogP contribution >= 0.6 is 0 Å². The molecule has 2 aromatic heterocycles. The van der Waals surface area contributed by atoms with Crippen LogP contribution in [0.15, 0.2) is 335 Å². The number of fused-ring (bicyclic) bond motifs is 2. The third-order valence-corrected chi connectivity index (χ3v) is 29.4. The van der Waals surface area contributed by atoms with Crippen LogP contribution in [0, 0.1) is 41.5 Å². The number of rotatable bonds is 32. The van der Waals surface area contributed by atoms with Gasteiger partial charge in [-0.05, 0) is 319 Å². The Morgan fingerprint density at radius 3 is 1.63 bits per heavy atom. The molecule has 1 saturated carbocycles. The first-order valence-corrected chi connectivity index (χ1v) is 52.1. The van der Waals surface area contributed by atoms with Crippen LogP contribution in [0.3, 0.4) is 0 Å². The summed E-state index contributed by atoms with van der Waals surface area (Å²) >= 11 is 0. The molecule has 0 unspecified atom stereocenters. The van der Waals surface area contributed by atoms with E-state index in [9.17, 15) is 70.8 Å². The van der Waals surface area contributed by atoms with Crippen LogP contribution < -0.4 is 58.7 Å². The first-order valence-electron chi connectivity index (χ1n) is 46.2. The molecule has 0 radical (unpaired) electrons. The normalized spacial score (nSPS) is 13.6. The standard InChI is InChI=1S/C33H36N4O6S2.C26H27FN2O5S.C25H20F2N2O4S.C25H20N4O2/c1-22-15-23(2)18-28(17-22)36-44(40,41)30-9-5-26(6-10-30)21-33(39)34-14-13-32(38)35-27-7-11-31(12-8-27)45(42,43)37-29-19-24(3)16-25(4)20-29;27-19-6-8-21(9-7-19)29-35(31,32)25-16-14-22(15-17-25)33-18-26(30)28-20-10-12-24(13-11-20)34-23-4-2-1-3-5-23;1-15-13-20(16(2)29(15)18-9-11-19(12-10-18)33-25(26)27)22(30)14-28-21-7-3-5-17-6-4-8-23(24(17)21)34(28,31)32;1-2-31-20-10-5-9-18(15-20)25(30)26-19-13-14-22-23(16-19)28-29(27-22)24-12-6-8-17-7-3-4-11-21(17)24/h5-12,15-20,36-37H,13-14,21H2,1-4H3,(H,34,39)(H,35,38);1-5,10-17,19,21,29H,6-9,18H2,(H,28,30);3-13,25H,14H2,1-2H3;3-16H,2H2,1H3,(H,26,30). The second-order valence-corrected chi connectivity index (χ2v) is 41.3. The second-order valence-electron chi connectivity index (χ2n) is 34.4. The van der Waals surface area contributed by atoms with E-state index in [2.05, 4.69) is 68.6 Å². The molecule has 3 heterocycles. The lowest BCUT2D eigenvalue weighted by Gasteiger charge is -2.24. The van der Waals surface area contributed by atoms with Crippen LogP contribution in [0.2, 0.25) is 0 Å². The van der Waals surface area contributed by atoms with E-state index >= 15 is 0 Å². The molecule has 18 rings (SSSR count). The zero-order valence-electron chi connectivity index (χ0n) is 79.8. The minimum Gasteiger partial charge on any atom is -0.494 e. The minimum absolute atomic E-state index is 0.00133. The molecule has 1 fully saturated rings. The first kappa shape index (κ1) is 103. The van der Waals surface area contributed by atoms with Crippen LogP contribution in [0.1, 0.15) is 98.9 Å². The van der Waals surface area contributed by atoms with Crippen molar-refractivity contribution >= 4 is 136 Å². The predicted octanol–water partition coefficient (Wildman–Crippen LogP) is 20.7. The predicted molar refractivity (Wildman–Crippen MR) is 554 cm³/mol. The molecule has 16 aromatic rings. The molecule has 29 nitrogen and oxygen atoms in total. The summed E-state index contributed by atoms with van der Waals surface area (Å²) in [5.41, 5.74) is 12.8. The Bertz CT molecular complexity index is 7750. The lowest BCUT2D eigenvalue weighted by atomic mass is 9.95. The van der Waals surface area contributed by atoms with E-state index in [1.54, 1.807) is 133 Å². The summed E-state index contributed by atoms with van der Waals surface area (Å²) < 4.78 is 173. The van der Waals surface area contributed by atoms with Crippen molar-refractivity contribution in [3.63, 3.8) is 0 Å². The molecule has 0 bridgehead atoms. The third kappa shape index (κ3) is 26.9.